The van der Waals surface area contributed by atoms with Crippen LogP contribution in [0, 0.1) is 0 Å². The van der Waals surface area contributed by atoms with Gasteiger partial charge in [-0.15, -0.1) is 11.6 Å². The molecule has 8 heavy (non-hydrogen) atoms. The van der Waals surface area contributed by atoms with Gasteiger partial charge in [0.1, 0.15) is 0 Å². The van der Waals surface area contributed by atoms with E-state index in [-0.39, 0.29) is 0 Å². The second kappa shape index (κ2) is 5.63. The Kier molecular flexibility index (Phi) is 5.99. The van der Waals surface area contributed by atoms with Crippen LogP contribution in [0.1, 0.15) is 6.92 Å². The van der Waals surface area contributed by atoms with Crippen molar-refractivity contribution in [3.8, 4) is 0 Å². The molecule has 0 aliphatic rings. The predicted molar refractivity (Wildman–Crippen MR) is 47.6 cm³/mol. The SMILES string of the molecule is CC(=C/CCl)/C=C/I. The van der Waals surface area contributed by atoms with Gasteiger partial charge < -0.3 is 0 Å². The summed E-state index contributed by atoms with van der Waals surface area (Å²) in [6, 6.07) is 0. The van der Waals surface area contributed by atoms with Gasteiger partial charge in [0, 0.05) is 5.88 Å². The lowest BCUT2D eigenvalue weighted by molar-refractivity contribution is 1.49. The number of hydrogen-bond acceptors (Lipinski definition) is 0. The quantitative estimate of drug-likeness (QED) is 0.396. The molecule has 0 saturated carbocycles. The molecule has 0 N–H and O–H groups in total. The van der Waals surface area contributed by atoms with E-state index in [9.17, 15) is 0 Å². The molecule has 0 unspecified atom stereocenters. The molecule has 0 aromatic rings. The number of alkyl halides is 1. The minimum atomic E-state index is 0.604. The summed E-state index contributed by atoms with van der Waals surface area (Å²) in [6.07, 6.45) is 3.99. The maximum Gasteiger partial charge on any atom is 0.0409 e. The van der Waals surface area contributed by atoms with Crippen molar-refractivity contribution in [2.45, 2.75) is 6.92 Å². The molecule has 46 valence electrons. The fourth-order valence-corrected chi connectivity index (χ4v) is 1.10. The molecule has 0 aromatic heterocycles. The molecular weight excluding hydrogens is 234 g/mol. The molecule has 0 spiro atoms. The van der Waals surface area contributed by atoms with Crippen LogP contribution in [0.3, 0.4) is 0 Å². The second-order valence-corrected chi connectivity index (χ2v) is 2.42. The van der Waals surface area contributed by atoms with Gasteiger partial charge in [-0.05, 0) is 11.0 Å². The van der Waals surface area contributed by atoms with Crippen LogP contribution in [0.5, 0.6) is 0 Å². The van der Waals surface area contributed by atoms with Gasteiger partial charge in [0.25, 0.3) is 0 Å². The van der Waals surface area contributed by atoms with E-state index in [4.69, 9.17) is 11.6 Å². The average molecular weight is 242 g/mol. The monoisotopic (exact) mass is 242 g/mol. The van der Waals surface area contributed by atoms with Gasteiger partial charge in [0.2, 0.25) is 0 Å². The van der Waals surface area contributed by atoms with E-state index in [1.54, 1.807) is 0 Å². The Labute approximate surface area is 68.7 Å². The van der Waals surface area contributed by atoms with Gasteiger partial charge in [-0.3, -0.25) is 0 Å². The van der Waals surface area contributed by atoms with Gasteiger partial charge in [-0.2, -0.15) is 0 Å². The van der Waals surface area contributed by atoms with E-state index in [2.05, 4.69) is 22.6 Å². The highest BCUT2D eigenvalue weighted by Gasteiger charge is 1.75. The zero-order chi connectivity index (χ0) is 6.41. The van der Waals surface area contributed by atoms with E-state index in [0.29, 0.717) is 5.88 Å². The molecule has 0 aliphatic carbocycles. The summed E-state index contributed by atoms with van der Waals surface area (Å²) < 4.78 is 1.97. The van der Waals surface area contributed by atoms with Crippen molar-refractivity contribution in [2.75, 3.05) is 5.88 Å². The Morgan fingerprint density at radius 1 is 1.75 bits per heavy atom. The van der Waals surface area contributed by atoms with Gasteiger partial charge in [0.15, 0.2) is 0 Å². The summed E-state index contributed by atoms with van der Waals surface area (Å²) in [7, 11) is 0. The predicted octanol–water partition coefficient (Wildman–Crippen LogP) is 3.12. The van der Waals surface area contributed by atoms with E-state index >= 15 is 0 Å². The van der Waals surface area contributed by atoms with Crippen molar-refractivity contribution >= 4 is 34.2 Å². The molecule has 2 heteroatoms. The first-order chi connectivity index (χ1) is 3.81. The lowest BCUT2D eigenvalue weighted by Crippen LogP contribution is -1.66. The van der Waals surface area contributed by atoms with Crippen LogP contribution in [0.15, 0.2) is 21.8 Å². The molecule has 0 saturated heterocycles. The van der Waals surface area contributed by atoms with E-state index in [1.807, 2.05) is 23.2 Å². The first-order valence-electron chi connectivity index (χ1n) is 2.30. The average Bonchev–Trinajstić information content (AvgIpc) is 1.68. The largest absolute Gasteiger partial charge is 0.122 e. The molecular formula is C6H8ClI. The fourth-order valence-electron chi connectivity index (χ4n) is 0.289. The number of allylic oxidation sites excluding steroid dienone is 3. The topological polar surface area (TPSA) is 0 Å². The fraction of sp³-hybridized carbons (Fsp3) is 0.333. The lowest BCUT2D eigenvalue weighted by Gasteiger charge is -1.83. The molecule has 0 aliphatic heterocycles. The van der Waals surface area contributed by atoms with Gasteiger partial charge >= 0.3 is 0 Å². The highest BCUT2D eigenvalue weighted by molar-refractivity contribution is 14.1. The zero-order valence-corrected chi connectivity index (χ0v) is 7.61. The smallest absolute Gasteiger partial charge is 0.0409 e. The molecule has 0 bridgehead atoms. The molecule has 0 nitrogen and oxygen atoms in total. The summed E-state index contributed by atoms with van der Waals surface area (Å²) in [5, 5.41) is 0. The van der Waals surface area contributed by atoms with Crippen LogP contribution in [0.2, 0.25) is 0 Å². The Hall–Kier alpha value is 0.500. The minimum absolute atomic E-state index is 0.604. The Morgan fingerprint density at radius 3 is 2.75 bits per heavy atom. The van der Waals surface area contributed by atoms with E-state index in [0.717, 1.165) is 0 Å². The third-order valence-corrected chi connectivity index (χ3v) is 1.24. The van der Waals surface area contributed by atoms with Crippen LogP contribution in [-0.2, 0) is 0 Å². The van der Waals surface area contributed by atoms with E-state index < -0.39 is 0 Å². The molecule has 0 atom stereocenters. The third-order valence-electron chi connectivity index (χ3n) is 0.725. The summed E-state index contributed by atoms with van der Waals surface area (Å²) in [6.45, 7) is 2.03. The summed E-state index contributed by atoms with van der Waals surface area (Å²) >= 11 is 7.60. The Bertz CT molecular complexity index is 105. The van der Waals surface area contributed by atoms with Crippen molar-refractivity contribution in [1.29, 1.82) is 0 Å². The summed E-state index contributed by atoms with van der Waals surface area (Å²) in [4.78, 5) is 0. The van der Waals surface area contributed by atoms with Gasteiger partial charge in [-0.1, -0.05) is 40.3 Å². The minimum Gasteiger partial charge on any atom is -0.122 e. The van der Waals surface area contributed by atoms with Crippen LogP contribution < -0.4 is 0 Å². The van der Waals surface area contributed by atoms with Crippen molar-refractivity contribution in [2.24, 2.45) is 0 Å². The molecule has 0 aromatic carbocycles. The highest BCUT2D eigenvalue weighted by Crippen LogP contribution is 1.97. The second-order valence-electron chi connectivity index (χ2n) is 1.40. The summed E-state index contributed by atoms with van der Waals surface area (Å²) in [5.41, 5.74) is 1.22. The molecule has 0 radical (unpaired) electrons. The van der Waals surface area contributed by atoms with E-state index in [1.165, 1.54) is 5.57 Å². The van der Waals surface area contributed by atoms with Crippen LogP contribution in [0.25, 0.3) is 0 Å². The van der Waals surface area contributed by atoms with Crippen LogP contribution >= 0.6 is 34.2 Å². The van der Waals surface area contributed by atoms with Gasteiger partial charge in [-0.25, -0.2) is 0 Å². The van der Waals surface area contributed by atoms with Crippen molar-refractivity contribution < 1.29 is 0 Å². The first kappa shape index (κ1) is 8.50. The Morgan fingerprint density at radius 2 is 2.38 bits per heavy atom. The molecule has 0 rings (SSSR count). The highest BCUT2D eigenvalue weighted by atomic mass is 127. The maximum absolute atomic E-state index is 5.42. The molecule has 0 fully saturated rings. The third kappa shape index (κ3) is 4.65. The van der Waals surface area contributed by atoms with Crippen molar-refractivity contribution in [3.05, 3.63) is 21.8 Å². The zero-order valence-electron chi connectivity index (χ0n) is 4.70. The maximum atomic E-state index is 5.42. The molecule has 0 amide bonds. The standard InChI is InChI=1S/C6H8ClI/c1-6(2-4-7)3-5-8/h2-3,5H,4H2,1H3/b5-3+,6-2-. The van der Waals surface area contributed by atoms with Crippen molar-refractivity contribution in [3.63, 3.8) is 0 Å². The number of rotatable bonds is 2. The lowest BCUT2D eigenvalue weighted by atomic mass is 10.3. The van der Waals surface area contributed by atoms with Crippen LogP contribution in [0.4, 0.5) is 0 Å². The number of halogens is 2. The normalized spacial score (nSPS) is 13.1. The molecule has 0 heterocycles. The summed E-state index contributed by atoms with van der Waals surface area (Å²) in [5.74, 6) is 0.604. The van der Waals surface area contributed by atoms with Gasteiger partial charge in [0.05, 0.1) is 0 Å². The number of hydrogen-bond donors (Lipinski definition) is 0. The first-order valence-corrected chi connectivity index (χ1v) is 4.08. The van der Waals surface area contributed by atoms with Crippen LogP contribution in [-0.4, -0.2) is 5.88 Å². The van der Waals surface area contributed by atoms with Crippen molar-refractivity contribution in [1.82, 2.24) is 0 Å². The Balaban J connectivity index is 3.61.